The quantitative estimate of drug-likeness (QED) is 0.603. The number of hydrogen-bond donors (Lipinski definition) is 0. The second-order valence-corrected chi connectivity index (χ2v) is 7.96. The third kappa shape index (κ3) is 4.66. The largest absolute Gasteiger partial charge is 0.117 e. The van der Waals surface area contributed by atoms with E-state index < -0.39 is 8.80 Å². The van der Waals surface area contributed by atoms with E-state index in [0.29, 0.717) is 0 Å². The molecule has 0 saturated heterocycles. The summed E-state index contributed by atoms with van der Waals surface area (Å²) in [6.07, 6.45) is 4.50. The van der Waals surface area contributed by atoms with Gasteiger partial charge in [-0.2, -0.15) is 0 Å². The van der Waals surface area contributed by atoms with Crippen molar-refractivity contribution in [1.82, 2.24) is 0 Å². The van der Waals surface area contributed by atoms with Gasteiger partial charge in [-0.1, -0.05) is 120 Å². The van der Waals surface area contributed by atoms with Crippen molar-refractivity contribution >= 4 is 26.1 Å². The molecule has 112 valence electrons. The molecule has 0 N–H and O–H groups in total. The molecule has 0 spiro atoms. The molecule has 0 nitrogen and oxygen atoms in total. The van der Waals surface area contributed by atoms with E-state index in [1.165, 1.54) is 16.3 Å². The van der Waals surface area contributed by atoms with Crippen molar-refractivity contribution in [2.75, 3.05) is 0 Å². The van der Waals surface area contributed by atoms with Crippen LogP contribution in [0.1, 0.15) is 11.1 Å². The molecule has 0 saturated carbocycles. The maximum absolute atomic E-state index is 2.39. The molecule has 0 fully saturated rings. The van der Waals surface area contributed by atoms with Crippen molar-refractivity contribution in [3.05, 3.63) is 114 Å². The van der Waals surface area contributed by atoms with Crippen LogP contribution in [0.15, 0.2) is 102 Å². The highest BCUT2D eigenvalue weighted by molar-refractivity contribution is 6.83. The molecule has 0 amide bonds. The molecule has 3 aromatic carbocycles. The van der Waals surface area contributed by atoms with Gasteiger partial charge >= 0.3 is 0 Å². The summed E-state index contributed by atoms with van der Waals surface area (Å²) in [6, 6.07) is 31.8. The Hall–Kier alpha value is -2.64. The van der Waals surface area contributed by atoms with E-state index in [1.54, 1.807) is 0 Å². The van der Waals surface area contributed by atoms with Crippen LogP contribution in [0.25, 0.3) is 12.2 Å². The zero-order chi connectivity index (χ0) is 15.7. The van der Waals surface area contributed by atoms with Crippen LogP contribution in [0.3, 0.4) is 0 Å². The Morgan fingerprint density at radius 2 is 0.870 bits per heavy atom. The zero-order valence-electron chi connectivity index (χ0n) is 13.0. The first kappa shape index (κ1) is 15.3. The lowest BCUT2D eigenvalue weighted by Gasteiger charge is -2.07. The Bertz CT molecular complexity index is 709. The van der Waals surface area contributed by atoms with Gasteiger partial charge in [-0.05, 0) is 11.1 Å². The number of benzene rings is 3. The van der Waals surface area contributed by atoms with Crippen molar-refractivity contribution in [1.29, 1.82) is 0 Å². The van der Waals surface area contributed by atoms with Gasteiger partial charge in [0.05, 0.1) is 0 Å². The van der Waals surface area contributed by atoms with Crippen LogP contribution in [-0.2, 0) is 0 Å². The first-order valence-electron chi connectivity index (χ1n) is 7.93. The van der Waals surface area contributed by atoms with Gasteiger partial charge in [0.2, 0.25) is 0 Å². The molecule has 0 aliphatic heterocycles. The third-order valence-electron chi connectivity index (χ3n) is 3.78. The minimum atomic E-state index is -1.29. The van der Waals surface area contributed by atoms with Gasteiger partial charge in [-0.3, -0.25) is 0 Å². The van der Waals surface area contributed by atoms with Crippen LogP contribution in [-0.4, -0.2) is 8.80 Å². The maximum atomic E-state index is 2.39. The molecule has 0 aliphatic carbocycles. The Morgan fingerprint density at radius 1 is 0.478 bits per heavy atom. The molecule has 0 heterocycles. The second-order valence-electron chi connectivity index (χ2n) is 5.48. The fraction of sp³-hybridized carbons (Fsp3) is 0. The molecule has 0 aromatic heterocycles. The summed E-state index contributed by atoms with van der Waals surface area (Å²) in [7, 11) is -1.29. The van der Waals surface area contributed by atoms with Crippen LogP contribution < -0.4 is 5.19 Å². The van der Waals surface area contributed by atoms with Gasteiger partial charge in [-0.25, -0.2) is 0 Å². The SMILES string of the molecule is C(=C[SiH](C=Cc1ccccc1)c1ccccc1)c1ccccc1. The van der Waals surface area contributed by atoms with E-state index in [-0.39, 0.29) is 0 Å². The average molecular weight is 312 g/mol. The van der Waals surface area contributed by atoms with Gasteiger partial charge in [0, 0.05) is 0 Å². The van der Waals surface area contributed by atoms with Crippen molar-refractivity contribution in [2.45, 2.75) is 0 Å². The fourth-order valence-corrected chi connectivity index (χ4v) is 4.62. The molecule has 0 unspecified atom stereocenters. The van der Waals surface area contributed by atoms with E-state index in [1.807, 2.05) is 0 Å². The Morgan fingerprint density at radius 3 is 1.30 bits per heavy atom. The predicted molar refractivity (Wildman–Crippen MR) is 104 cm³/mol. The molecule has 3 rings (SSSR count). The molecule has 0 atom stereocenters. The summed E-state index contributed by atoms with van der Waals surface area (Å²) in [5, 5.41) is 1.44. The van der Waals surface area contributed by atoms with E-state index in [9.17, 15) is 0 Å². The van der Waals surface area contributed by atoms with Gasteiger partial charge in [0.25, 0.3) is 0 Å². The van der Waals surface area contributed by atoms with E-state index >= 15 is 0 Å². The first-order chi connectivity index (χ1) is 11.4. The minimum absolute atomic E-state index is 1.26. The lowest BCUT2D eigenvalue weighted by molar-refractivity contribution is 1.66. The van der Waals surface area contributed by atoms with Crippen molar-refractivity contribution < 1.29 is 0 Å². The molecule has 0 bridgehead atoms. The lowest BCUT2D eigenvalue weighted by Crippen LogP contribution is -2.25. The molecular weight excluding hydrogens is 292 g/mol. The van der Waals surface area contributed by atoms with Gasteiger partial charge in [0.1, 0.15) is 8.80 Å². The Balaban J connectivity index is 1.85. The third-order valence-corrected chi connectivity index (χ3v) is 6.14. The summed E-state index contributed by atoms with van der Waals surface area (Å²) >= 11 is 0. The van der Waals surface area contributed by atoms with Crippen molar-refractivity contribution in [2.24, 2.45) is 0 Å². The maximum Gasteiger partial charge on any atom is 0.117 e. The zero-order valence-corrected chi connectivity index (χ0v) is 14.2. The molecular formula is C22H20Si. The molecule has 23 heavy (non-hydrogen) atoms. The fourth-order valence-electron chi connectivity index (χ4n) is 2.52. The average Bonchev–Trinajstić information content (AvgIpc) is 2.64. The minimum Gasteiger partial charge on any atom is -0.0887 e. The first-order valence-corrected chi connectivity index (χ1v) is 9.84. The molecule has 0 aliphatic rings. The molecule has 0 radical (unpaired) electrons. The van der Waals surface area contributed by atoms with Crippen molar-refractivity contribution in [3.63, 3.8) is 0 Å². The van der Waals surface area contributed by atoms with Crippen LogP contribution in [0.5, 0.6) is 0 Å². The predicted octanol–water partition coefficient (Wildman–Crippen LogP) is 4.63. The van der Waals surface area contributed by atoms with Crippen molar-refractivity contribution in [3.8, 4) is 0 Å². The van der Waals surface area contributed by atoms with Gasteiger partial charge in [-0.15, -0.1) is 0 Å². The highest BCUT2D eigenvalue weighted by atomic mass is 28.3. The van der Waals surface area contributed by atoms with Crippen LogP contribution in [0.4, 0.5) is 0 Å². The summed E-state index contributed by atoms with van der Waals surface area (Å²) in [5.74, 6) is 0. The Kier molecular flexibility index (Phi) is 5.38. The monoisotopic (exact) mass is 312 g/mol. The van der Waals surface area contributed by atoms with Crippen LogP contribution in [0, 0.1) is 0 Å². The van der Waals surface area contributed by atoms with E-state index in [4.69, 9.17) is 0 Å². The van der Waals surface area contributed by atoms with Crippen LogP contribution >= 0.6 is 0 Å². The molecule has 1 heteroatoms. The topological polar surface area (TPSA) is 0 Å². The normalized spacial score (nSPS) is 12.7. The van der Waals surface area contributed by atoms with Gasteiger partial charge in [0.15, 0.2) is 0 Å². The summed E-state index contributed by atoms with van der Waals surface area (Å²) in [5.41, 5.74) is 7.30. The number of rotatable bonds is 5. The van der Waals surface area contributed by atoms with E-state index in [2.05, 4.69) is 115 Å². The summed E-state index contributed by atoms with van der Waals surface area (Å²) in [6.45, 7) is 0. The summed E-state index contributed by atoms with van der Waals surface area (Å²) < 4.78 is 0. The summed E-state index contributed by atoms with van der Waals surface area (Å²) in [4.78, 5) is 0. The molecule has 3 aromatic rings. The lowest BCUT2D eigenvalue weighted by atomic mass is 10.2. The Labute approximate surface area is 140 Å². The van der Waals surface area contributed by atoms with Gasteiger partial charge < -0.3 is 0 Å². The highest BCUT2D eigenvalue weighted by Crippen LogP contribution is 2.06. The number of hydrogen-bond acceptors (Lipinski definition) is 0. The smallest absolute Gasteiger partial charge is 0.0887 e. The van der Waals surface area contributed by atoms with Crippen LogP contribution in [0.2, 0.25) is 0 Å². The highest BCUT2D eigenvalue weighted by Gasteiger charge is 2.05. The second kappa shape index (κ2) is 8.11. The van der Waals surface area contributed by atoms with E-state index in [0.717, 1.165) is 0 Å². The standard InChI is InChI=1S/C22H20Si/c1-4-10-20(11-5-1)16-18-23(22-14-8-3-9-15-22)19-17-21-12-6-2-7-13-21/h1-19,23H.